The summed E-state index contributed by atoms with van der Waals surface area (Å²) in [6.45, 7) is 6.45. The van der Waals surface area contributed by atoms with Gasteiger partial charge in [0.05, 0.1) is 5.69 Å². The van der Waals surface area contributed by atoms with Crippen LogP contribution in [0, 0.1) is 4.84 Å². The summed E-state index contributed by atoms with van der Waals surface area (Å²) in [7, 11) is 0. The summed E-state index contributed by atoms with van der Waals surface area (Å²) in [6, 6.07) is 0. The number of aromatic amines is 1. The zero-order valence-electron chi connectivity index (χ0n) is 11.0. The Morgan fingerprint density at radius 1 is 1.37 bits per heavy atom. The van der Waals surface area contributed by atoms with Crippen LogP contribution in [0.3, 0.4) is 0 Å². The molecule has 1 aliphatic rings. The Bertz CT molecular complexity index is 622. The number of nitrogens with one attached hydrogen (secondary N) is 1. The molecule has 0 radical (unpaired) electrons. The zero-order valence-corrected chi connectivity index (χ0v) is 12.6. The first-order chi connectivity index (χ1) is 9.15. The molecule has 3 heterocycles. The van der Waals surface area contributed by atoms with Crippen LogP contribution in [0.25, 0.3) is 10.8 Å². The first-order valence-electron chi connectivity index (χ1n) is 6.46. The Labute approximate surface area is 120 Å². The standard InChI is InChI=1S/C12H16N4OS2/c1-7(2)8-9(10-14-15-12(18)17-10)19-11(13-8)16-5-3-4-6-16/h7H,3-6H2,1-2H3,(H,15,18). The van der Waals surface area contributed by atoms with Gasteiger partial charge in [0.1, 0.15) is 4.88 Å². The second-order valence-corrected chi connectivity index (χ2v) is 6.33. The molecule has 0 aliphatic carbocycles. The van der Waals surface area contributed by atoms with Crippen LogP contribution in [0.15, 0.2) is 4.42 Å². The van der Waals surface area contributed by atoms with Gasteiger partial charge in [-0.25, -0.2) is 10.1 Å². The number of anilines is 1. The highest BCUT2D eigenvalue weighted by molar-refractivity contribution is 7.71. The van der Waals surface area contributed by atoms with Crippen molar-refractivity contribution >= 4 is 28.7 Å². The van der Waals surface area contributed by atoms with Crippen LogP contribution in [-0.2, 0) is 0 Å². The molecule has 0 aromatic carbocycles. The van der Waals surface area contributed by atoms with Crippen molar-refractivity contribution in [2.75, 3.05) is 18.0 Å². The number of hydrogen-bond acceptors (Lipinski definition) is 6. The van der Waals surface area contributed by atoms with E-state index in [1.54, 1.807) is 11.3 Å². The molecular formula is C12H16N4OS2. The van der Waals surface area contributed by atoms with Crippen LogP contribution in [0.2, 0.25) is 0 Å². The average Bonchev–Trinajstić information content (AvgIpc) is 3.07. The number of nitrogens with zero attached hydrogens (tertiary/aromatic N) is 3. The lowest BCUT2D eigenvalue weighted by atomic mass is 10.1. The molecule has 1 N–H and O–H groups in total. The van der Waals surface area contributed by atoms with Crippen molar-refractivity contribution in [2.45, 2.75) is 32.6 Å². The van der Waals surface area contributed by atoms with E-state index >= 15 is 0 Å². The van der Waals surface area contributed by atoms with Crippen LogP contribution in [0.4, 0.5) is 5.13 Å². The lowest BCUT2D eigenvalue weighted by molar-refractivity contribution is 0.552. The third kappa shape index (κ3) is 2.44. The molecule has 0 atom stereocenters. The van der Waals surface area contributed by atoms with Crippen molar-refractivity contribution in [1.29, 1.82) is 0 Å². The van der Waals surface area contributed by atoms with E-state index in [2.05, 4.69) is 28.9 Å². The van der Waals surface area contributed by atoms with Crippen molar-refractivity contribution in [3.8, 4) is 10.8 Å². The topological polar surface area (TPSA) is 58.0 Å². The van der Waals surface area contributed by atoms with Gasteiger partial charge in [-0.05, 0) is 31.0 Å². The van der Waals surface area contributed by atoms with Crippen LogP contribution < -0.4 is 4.90 Å². The predicted molar refractivity (Wildman–Crippen MR) is 78.3 cm³/mol. The lowest BCUT2D eigenvalue weighted by Crippen LogP contribution is -2.17. The molecule has 102 valence electrons. The quantitative estimate of drug-likeness (QED) is 0.877. The SMILES string of the molecule is CC(C)c1nc(N2CCCC2)sc1-c1n[nH]c(=S)o1. The zero-order chi connectivity index (χ0) is 13.4. The summed E-state index contributed by atoms with van der Waals surface area (Å²) in [5.41, 5.74) is 1.04. The fraction of sp³-hybridized carbons (Fsp3) is 0.583. The summed E-state index contributed by atoms with van der Waals surface area (Å²) < 4.78 is 5.44. The molecule has 5 nitrogen and oxygen atoms in total. The van der Waals surface area contributed by atoms with Gasteiger partial charge in [0.25, 0.3) is 10.7 Å². The minimum atomic E-state index is 0.306. The molecule has 0 unspecified atom stereocenters. The first kappa shape index (κ1) is 12.8. The van der Waals surface area contributed by atoms with Crippen molar-refractivity contribution in [3.63, 3.8) is 0 Å². The summed E-state index contributed by atoms with van der Waals surface area (Å²) >= 11 is 6.59. The highest BCUT2D eigenvalue weighted by Gasteiger charge is 2.23. The first-order valence-corrected chi connectivity index (χ1v) is 7.69. The monoisotopic (exact) mass is 296 g/mol. The third-order valence-electron chi connectivity index (χ3n) is 3.20. The molecule has 2 aromatic heterocycles. The van der Waals surface area contributed by atoms with Crippen molar-refractivity contribution < 1.29 is 4.42 Å². The highest BCUT2D eigenvalue weighted by Crippen LogP contribution is 2.38. The number of thiazole rings is 1. The van der Waals surface area contributed by atoms with E-state index in [0.29, 0.717) is 16.6 Å². The molecule has 2 aromatic rings. The second kappa shape index (κ2) is 5.05. The van der Waals surface area contributed by atoms with E-state index < -0.39 is 0 Å². The van der Waals surface area contributed by atoms with Gasteiger partial charge in [-0.2, -0.15) is 0 Å². The van der Waals surface area contributed by atoms with E-state index in [4.69, 9.17) is 21.6 Å². The maximum Gasteiger partial charge on any atom is 0.284 e. The summed E-state index contributed by atoms with van der Waals surface area (Å²) in [5.74, 6) is 0.889. The largest absolute Gasteiger partial charge is 0.408 e. The van der Waals surface area contributed by atoms with Crippen molar-refractivity contribution in [1.82, 2.24) is 15.2 Å². The van der Waals surface area contributed by atoms with Crippen LogP contribution in [-0.4, -0.2) is 28.3 Å². The predicted octanol–water partition coefficient (Wildman–Crippen LogP) is 3.58. The van der Waals surface area contributed by atoms with E-state index in [9.17, 15) is 0 Å². The number of aromatic nitrogens is 3. The Hall–Kier alpha value is -1.21. The van der Waals surface area contributed by atoms with E-state index in [1.807, 2.05) is 0 Å². The minimum Gasteiger partial charge on any atom is -0.408 e. The summed E-state index contributed by atoms with van der Waals surface area (Å²) in [4.78, 5) is 8.40. The molecular weight excluding hydrogens is 280 g/mol. The number of H-pyrrole nitrogens is 1. The second-order valence-electron chi connectivity index (χ2n) is 4.98. The molecule has 1 fully saturated rings. The Kier molecular flexibility index (Phi) is 3.40. The number of hydrogen-bond donors (Lipinski definition) is 1. The lowest BCUT2D eigenvalue weighted by Gasteiger charge is -2.12. The van der Waals surface area contributed by atoms with E-state index in [-0.39, 0.29) is 0 Å². The van der Waals surface area contributed by atoms with Crippen LogP contribution in [0.1, 0.15) is 38.3 Å². The molecule has 0 spiro atoms. The van der Waals surface area contributed by atoms with Gasteiger partial charge in [0, 0.05) is 13.1 Å². The van der Waals surface area contributed by atoms with E-state index in [1.165, 1.54) is 12.8 Å². The van der Waals surface area contributed by atoms with Crippen molar-refractivity contribution in [3.05, 3.63) is 10.5 Å². The van der Waals surface area contributed by atoms with Crippen molar-refractivity contribution in [2.24, 2.45) is 0 Å². The minimum absolute atomic E-state index is 0.306. The molecule has 19 heavy (non-hydrogen) atoms. The molecule has 0 saturated carbocycles. The van der Waals surface area contributed by atoms with Gasteiger partial charge >= 0.3 is 0 Å². The van der Waals surface area contributed by atoms with Gasteiger partial charge in [-0.1, -0.05) is 25.2 Å². The molecule has 0 bridgehead atoms. The van der Waals surface area contributed by atoms with Gasteiger partial charge in [0.15, 0.2) is 5.13 Å². The van der Waals surface area contributed by atoms with Gasteiger partial charge in [-0.3, -0.25) is 0 Å². The van der Waals surface area contributed by atoms with Gasteiger partial charge in [0.2, 0.25) is 0 Å². The Morgan fingerprint density at radius 3 is 2.68 bits per heavy atom. The fourth-order valence-corrected chi connectivity index (χ4v) is 3.56. The summed E-state index contributed by atoms with van der Waals surface area (Å²) in [5, 5.41) is 7.87. The normalized spacial score (nSPS) is 15.6. The average molecular weight is 296 g/mol. The summed E-state index contributed by atoms with van der Waals surface area (Å²) in [6.07, 6.45) is 2.49. The molecule has 1 saturated heterocycles. The van der Waals surface area contributed by atoms with Gasteiger partial charge in [-0.15, -0.1) is 5.10 Å². The molecule has 0 amide bonds. The Balaban J connectivity index is 2.04. The molecule has 1 aliphatic heterocycles. The van der Waals surface area contributed by atoms with E-state index in [0.717, 1.165) is 28.8 Å². The Morgan fingerprint density at radius 2 is 2.11 bits per heavy atom. The smallest absolute Gasteiger partial charge is 0.284 e. The van der Waals surface area contributed by atoms with Gasteiger partial charge < -0.3 is 9.32 Å². The van der Waals surface area contributed by atoms with Crippen LogP contribution >= 0.6 is 23.6 Å². The van der Waals surface area contributed by atoms with Crippen LogP contribution in [0.5, 0.6) is 0 Å². The molecule has 3 rings (SSSR count). The maximum atomic E-state index is 5.44. The molecule has 7 heteroatoms. The highest BCUT2D eigenvalue weighted by atomic mass is 32.1. The number of rotatable bonds is 3. The third-order valence-corrected chi connectivity index (χ3v) is 4.49. The maximum absolute atomic E-state index is 5.44. The fourth-order valence-electron chi connectivity index (χ4n) is 2.24.